The zero-order chi connectivity index (χ0) is 18.3. The van der Waals surface area contributed by atoms with Crippen LogP contribution in [0, 0.1) is 0 Å². The normalized spacial score (nSPS) is 11.5. The third-order valence-corrected chi connectivity index (χ3v) is 6.22. The van der Waals surface area contributed by atoms with Crippen molar-refractivity contribution >= 4 is 46.5 Å². The fraction of sp³-hybridized carbons (Fsp3) is 0.400. The van der Waals surface area contributed by atoms with Crippen LogP contribution in [0.1, 0.15) is 25.3 Å². The molecule has 0 aliphatic heterocycles. The lowest BCUT2D eigenvalue weighted by atomic mass is 10.1. The number of nitrogens with one attached hydrogen (secondary N) is 1. The highest BCUT2D eigenvalue weighted by Gasteiger charge is 2.33. The van der Waals surface area contributed by atoms with Crippen LogP contribution in [-0.4, -0.2) is 27.6 Å². The zero-order valence-corrected chi connectivity index (χ0v) is 15.7. The Hall–Kier alpha value is -1.26. The van der Waals surface area contributed by atoms with Crippen molar-refractivity contribution in [3.8, 4) is 0 Å². The number of aromatic nitrogens is 2. The van der Waals surface area contributed by atoms with Gasteiger partial charge in [-0.05, 0) is 18.6 Å². The van der Waals surface area contributed by atoms with Gasteiger partial charge in [-0.3, -0.25) is 4.79 Å². The molecule has 25 heavy (non-hydrogen) atoms. The number of hydrogen-bond donors (Lipinski definition) is 1. The number of carbonyl (C=O) groups excluding carboxylic acids is 1. The Morgan fingerprint density at radius 3 is 2.56 bits per heavy atom. The van der Waals surface area contributed by atoms with Crippen molar-refractivity contribution in [2.45, 2.75) is 34.6 Å². The number of para-hydroxylation sites is 1. The van der Waals surface area contributed by atoms with Gasteiger partial charge >= 0.3 is 6.18 Å². The molecule has 2 aromatic rings. The zero-order valence-electron chi connectivity index (χ0n) is 13.3. The highest BCUT2D eigenvalue weighted by Crippen LogP contribution is 2.35. The largest absolute Gasteiger partial charge is 0.418 e. The lowest BCUT2D eigenvalue weighted by molar-refractivity contribution is -0.137. The number of amides is 1. The van der Waals surface area contributed by atoms with Gasteiger partial charge in [0.1, 0.15) is 0 Å². The molecule has 0 radical (unpaired) electrons. The fourth-order valence-corrected chi connectivity index (χ4v) is 4.74. The number of anilines is 1. The first-order chi connectivity index (χ1) is 11.9. The molecular formula is C15H16F3N3OS3. The van der Waals surface area contributed by atoms with E-state index in [1.165, 1.54) is 29.5 Å². The van der Waals surface area contributed by atoms with Crippen molar-refractivity contribution in [1.29, 1.82) is 0 Å². The van der Waals surface area contributed by atoms with Gasteiger partial charge in [-0.25, -0.2) is 0 Å². The molecular weight excluding hydrogens is 391 g/mol. The highest BCUT2D eigenvalue weighted by molar-refractivity contribution is 8.03. The van der Waals surface area contributed by atoms with E-state index in [9.17, 15) is 18.0 Å². The molecule has 4 nitrogen and oxygen atoms in total. The van der Waals surface area contributed by atoms with Crippen LogP contribution >= 0.6 is 34.9 Å². The monoisotopic (exact) mass is 407 g/mol. The molecule has 0 saturated heterocycles. The van der Waals surface area contributed by atoms with E-state index in [0.717, 1.165) is 40.8 Å². The summed E-state index contributed by atoms with van der Waals surface area (Å²) in [4.78, 5) is 11.9. The molecule has 2 rings (SSSR count). The number of thioether (sulfide) groups is 2. The maximum absolute atomic E-state index is 12.9. The van der Waals surface area contributed by atoms with Crippen LogP contribution in [0.5, 0.6) is 0 Å². The molecule has 0 saturated carbocycles. The van der Waals surface area contributed by atoms with Crippen molar-refractivity contribution in [3.05, 3.63) is 29.8 Å². The molecule has 136 valence electrons. The third-order valence-electron chi connectivity index (χ3n) is 2.94. The summed E-state index contributed by atoms with van der Waals surface area (Å²) in [6.45, 7) is 2.11. The second-order valence-electron chi connectivity index (χ2n) is 4.92. The van der Waals surface area contributed by atoms with Crippen molar-refractivity contribution in [2.24, 2.45) is 0 Å². The van der Waals surface area contributed by atoms with Crippen LogP contribution < -0.4 is 5.32 Å². The van der Waals surface area contributed by atoms with Gasteiger partial charge in [-0.1, -0.05) is 60.3 Å². The first-order valence-electron chi connectivity index (χ1n) is 7.45. The number of nitrogens with zero attached hydrogens (tertiary/aromatic N) is 2. The predicted octanol–water partition coefficient (Wildman–Crippen LogP) is 5.18. The molecule has 1 amide bonds. The summed E-state index contributed by atoms with van der Waals surface area (Å²) in [7, 11) is 0. The number of hydrogen-bond acceptors (Lipinski definition) is 6. The van der Waals surface area contributed by atoms with E-state index in [1.54, 1.807) is 11.8 Å². The number of carbonyl (C=O) groups is 1. The molecule has 0 aliphatic rings. The van der Waals surface area contributed by atoms with E-state index in [4.69, 9.17) is 0 Å². The average molecular weight is 408 g/mol. The fourth-order valence-electron chi connectivity index (χ4n) is 1.77. The summed E-state index contributed by atoms with van der Waals surface area (Å²) in [6, 6.07) is 4.90. The Morgan fingerprint density at radius 1 is 1.20 bits per heavy atom. The van der Waals surface area contributed by atoms with Gasteiger partial charge in [-0.15, -0.1) is 10.2 Å². The maximum Gasteiger partial charge on any atom is 0.418 e. The lowest BCUT2D eigenvalue weighted by Gasteiger charge is -2.13. The van der Waals surface area contributed by atoms with Gasteiger partial charge < -0.3 is 5.32 Å². The quantitative estimate of drug-likeness (QED) is 0.483. The number of benzene rings is 1. The highest BCUT2D eigenvalue weighted by atomic mass is 32.2. The molecule has 1 aromatic heterocycles. The Kier molecular flexibility index (Phi) is 7.57. The minimum absolute atomic E-state index is 0.0273. The lowest BCUT2D eigenvalue weighted by Crippen LogP contribution is -2.18. The second-order valence-corrected chi connectivity index (χ2v) is 8.46. The van der Waals surface area contributed by atoms with Gasteiger partial charge in [0.2, 0.25) is 5.91 Å². The summed E-state index contributed by atoms with van der Waals surface area (Å²) in [5.41, 5.74) is -1.10. The SMILES string of the molecule is CCCCSc1nnc(SCC(=O)Nc2ccccc2C(F)(F)F)s1. The van der Waals surface area contributed by atoms with E-state index in [1.807, 2.05) is 0 Å². The molecule has 0 unspecified atom stereocenters. The first-order valence-corrected chi connectivity index (χ1v) is 10.2. The molecule has 0 fully saturated rings. The molecule has 1 N–H and O–H groups in total. The van der Waals surface area contributed by atoms with E-state index >= 15 is 0 Å². The minimum atomic E-state index is -4.51. The molecule has 10 heteroatoms. The van der Waals surface area contributed by atoms with E-state index < -0.39 is 17.6 Å². The Morgan fingerprint density at radius 2 is 1.88 bits per heavy atom. The number of halogens is 3. The predicted molar refractivity (Wildman–Crippen MR) is 96.3 cm³/mol. The molecule has 1 aromatic carbocycles. The topological polar surface area (TPSA) is 54.9 Å². The van der Waals surface area contributed by atoms with Crippen LogP contribution in [0.3, 0.4) is 0 Å². The van der Waals surface area contributed by atoms with Gasteiger partial charge in [0.15, 0.2) is 8.68 Å². The summed E-state index contributed by atoms with van der Waals surface area (Å²) >= 11 is 4.16. The number of rotatable bonds is 8. The van der Waals surface area contributed by atoms with Crippen LogP contribution in [0.2, 0.25) is 0 Å². The molecule has 1 heterocycles. The van der Waals surface area contributed by atoms with Crippen molar-refractivity contribution < 1.29 is 18.0 Å². The standard InChI is InChI=1S/C15H16F3N3OS3/c1-2-3-8-23-13-20-21-14(25-13)24-9-12(22)19-11-7-5-4-6-10(11)15(16,17)18/h4-7H,2-3,8-9H2,1H3,(H,19,22). The van der Waals surface area contributed by atoms with Crippen molar-refractivity contribution in [1.82, 2.24) is 10.2 Å². The van der Waals surface area contributed by atoms with Crippen LogP contribution in [0.25, 0.3) is 0 Å². The van der Waals surface area contributed by atoms with Crippen molar-refractivity contribution in [2.75, 3.05) is 16.8 Å². The molecule has 0 bridgehead atoms. The van der Waals surface area contributed by atoms with Gasteiger partial charge in [0.25, 0.3) is 0 Å². The van der Waals surface area contributed by atoms with Gasteiger partial charge in [0.05, 0.1) is 17.0 Å². The Bertz CT molecular complexity index is 707. The second kappa shape index (κ2) is 9.44. The summed E-state index contributed by atoms with van der Waals surface area (Å²) < 4.78 is 40.2. The van der Waals surface area contributed by atoms with Crippen LogP contribution in [0.4, 0.5) is 18.9 Å². The third kappa shape index (κ3) is 6.52. The maximum atomic E-state index is 12.9. The Balaban J connectivity index is 1.87. The van der Waals surface area contributed by atoms with Crippen LogP contribution in [0.15, 0.2) is 32.9 Å². The molecule has 0 spiro atoms. The van der Waals surface area contributed by atoms with E-state index in [0.29, 0.717) is 4.34 Å². The smallest absolute Gasteiger partial charge is 0.325 e. The number of alkyl halides is 3. The average Bonchev–Trinajstić information content (AvgIpc) is 3.01. The summed E-state index contributed by atoms with van der Waals surface area (Å²) in [5.74, 6) is 0.419. The summed E-state index contributed by atoms with van der Waals surface area (Å²) in [6.07, 6.45) is -2.32. The molecule has 0 aliphatic carbocycles. The molecule has 0 atom stereocenters. The summed E-state index contributed by atoms with van der Waals surface area (Å²) in [5, 5.41) is 10.3. The minimum Gasteiger partial charge on any atom is -0.325 e. The first kappa shape index (κ1) is 20.1. The van der Waals surface area contributed by atoms with Gasteiger partial charge in [0, 0.05) is 5.75 Å². The van der Waals surface area contributed by atoms with Crippen molar-refractivity contribution in [3.63, 3.8) is 0 Å². The Labute approximate surface area is 156 Å². The van der Waals surface area contributed by atoms with Crippen LogP contribution in [-0.2, 0) is 11.0 Å². The van der Waals surface area contributed by atoms with E-state index in [2.05, 4.69) is 22.4 Å². The van der Waals surface area contributed by atoms with E-state index in [-0.39, 0.29) is 11.4 Å². The number of unbranched alkanes of at least 4 members (excludes halogenated alkanes) is 1. The van der Waals surface area contributed by atoms with Gasteiger partial charge in [-0.2, -0.15) is 13.2 Å².